The third-order valence-corrected chi connectivity index (χ3v) is 11.5. The van der Waals surface area contributed by atoms with Crippen molar-refractivity contribution in [3.63, 3.8) is 0 Å². The highest BCUT2D eigenvalue weighted by Crippen LogP contribution is 2.50. The van der Waals surface area contributed by atoms with E-state index < -0.39 is 0 Å². The van der Waals surface area contributed by atoms with Gasteiger partial charge in [0.15, 0.2) is 0 Å². The van der Waals surface area contributed by atoms with Gasteiger partial charge in [0.2, 0.25) is 0 Å². The first-order valence-electron chi connectivity index (χ1n) is 18.6. The number of benzene rings is 8. The molecule has 3 heteroatoms. The van der Waals surface area contributed by atoms with Crippen LogP contribution in [0.4, 0.5) is 11.4 Å². The molecular formula is C51H35NO2. The maximum atomic E-state index is 6.57. The molecule has 3 nitrogen and oxygen atoms in total. The van der Waals surface area contributed by atoms with Gasteiger partial charge in [0.1, 0.15) is 22.3 Å². The molecule has 0 amide bonds. The van der Waals surface area contributed by atoms with E-state index >= 15 is 0 Å². The quantitative estimate of drug-likeness (QED) is 0.195. The van der Waals surface area contributed by atoms with Crippen LogP contribution < -0.4 is 5.32 Å². The standard InChI is InChI=1S/C51H35NO2/c1-51(2)44-21-7-3-14-38(44)43-30-31(25-26-45(43)51)35-13-4-8-22-46(35)52-34-28-32(36-17-11-19-41-39-15-5-9-23-47(39)53-49(36)41)27-33(29-34)37-18-12-20-42-40-16-6-10-24-48(40)54-50(37)42/h3-30,52H,1-2H3. The fourth-order valence-electron chi connectivity index (χ4n) is 8.85. The molecule has 0 aliphatic heterocycles. The first kappa shape index (κ1) is 30.8. The summed E-state index contributed by atoms with van der Waals surface area (Å²) in [6.45, 7) is 4.66. The van der Waals surface area contributed by atoms with Gasteiger partial charge < -0.3 is 14.2 Å². The van der Waals surface area contributed by atoms with Gasteiger partial charge in [-0.25, -0.2) is 0 Å². The lowest BCUT2D eigenvalue weighted by Crippen LogP contribution is -2.14. The maximum absolute atomic E-state index is 6.57. The molecule has 2 heterocycles. The molecule has 1 aliphatic rings. The summed E-state index contributed by atoms with van der Waals surface area (Å²) in [5.41, 5.74) is 17.4. The molecule has 0 spiro atoms. The topological polar surface area (TPSA) is 38.3 Å². The Morgan fingerprint density at radius 2 is 0.907 bits per heavy atom. The van der Waals surface area contributed by atoms with Gasteiger partial charge in [-0.05, 0) is 81.4 Å². The van der Waals surface area contributed by atoms with E-state index in [9.17, 15) is 0 Å². The summed E-state index contributed by atoms with van der Waals surface area (Å²) in [7, 11) is 0. The Morgan fingerprint density at radius 3 is 1.57 bits per heavy atom. The van der Waals surface area contributed by atoms with E-state index in [1.165, 1.54) is 27.8 Å². The second-order valence-corrected chi connectivity index (χ2v) is 15.0. The van der Waals surface area contributed by atoms with Crippen LogP contribution in [-0.4, -0.2) is 0 Å². The zero-order valence-corrected chi connectivity index (χ0v) is 30.0. The second kappa shape index (κ2) is 11.6. The summed E-state index contributed by atoms with van der Waals surface area (Å²) in [5.74, 6) is 0. The summed E-state index contributed by atoms with van der Waals surface area (Å²) in [6, 6.07) is 60.6. The van der Waals surface area contributed by atoms with Crippen molar-refractivity contribution in [3.8, 4) is 44.5 Å². The van der Waals surface area contributed by atoms with Gasteiger partial charge in [-0.1, -0.05) is 141 Å². The summed E-state index contributed by atoms with van der Waals surface area (Å²) in [4.78, 5) is 0. The van der Waals surface area contributed by atoms with Gasteiger partial charge >= 0.3 is 0 Å². The Hall–Kier alpha value is -6.84. The van der Waals surface area contributed by atoms with Crippen molar-refractivity contribution in [2.75, 3.05) is 5.32 Å². The maximum Gasteiger partial charge on any atom is 0.143 e. The van der Waals surface area contributed by atoms with Crippen LogP contribution in [0, 0.1) is 0 Å². The third kappa shape index (κ3) is 4.61. The van der Waals surface area contributed by atoms with Crippen molar-refractivity contribution in [1.29, 1.82) is 0 Å². The van der Waals surface area contributed by atoms with Gasteiger partial charge in [-0.15, -0.1) is 0 Å². The molecule has 2 aromatic heterocycles. The van der Waals surface area contributed by atoms with E-state index in [2.05, 4.69) is 165 Å². The van der Waals surface area contributed by atoms with E-state index in [1.807, 2.05) is 24.3 Å². The molecule has 54 heavy (non-hydrogen) atoms. The van der Waals surface area contributed by atoms with Crippen LogP contribution >= 0.6 is 0 Å². The van der Waals surface area contributed by atoms with Gasteiger partial charge in [0.25, 0.3) is 0 Å². The SMILES string of the molecule is CC1(C)c2ccccc2-c2cc(-c3ccccc3Nc3cc(-c4cccc5c4oc4ccccc45)cc(-c4cccc5c4oc4ccccc45)c3)ccc21. The molecular weight excluding hydrogens is 659 g/mol. The van der Waals surface area contributed by atoms with Gasteiger partial charge in [-0.3, -0.25) is 0 Å². The molecule has 0 saturated carbocycles. The van der Waals surface area contributed by atoms with Crippen molar-refractivity contribution in [2.24, 2.45) is 0 Å². The smallest absolute Gasteiger partial charge is 0.143 e. The average Bonchev–Trinajstić information content (AvgIpc) is 3.86. The predicted molar refractivity (Wildman–Crippen MR) is 225 cm³/mol. The highest BCUT2D eigenvalue weighted by Gasteiger charge is 2.35. The van der Waals surface area contributed by atoms with E-state index in [-0.39, 0.29) is 5.41 Å². The number of nitrogens with one attached hydrogen (secondary N) is 1. The number of furan rings is 2. The molecule has 0 saturated heterocycles. The molecule has 0 unspecified atom stereocenters. The Kier molecular flexibility index (Phi) is 6.60. The van der Waals surface area contributed by atoms with E-state index in [4.69, 9.17) is 8.83 Å². The van der Waals surface area contributed by atoms with Crippen LogP contribution in [0.3, 0.4) is 0 Å². The molecule has 10 aromatic rings. The summed E-state index contributed by atoms with van der Waals surface area (Å²) in [5, 5.41) is 8.33. The molecule has 256 valence electrons. The van der Waals surface area contributed by atoms with Crippen LogP contribution in [0.5, 0.6) is 0 Å². The van der Waals surface area contributed by atoms with Crippen LogP contribution in [0.15, 0.2) is 179 Å². The first-order valence-corrected chi connectivity index (χ1v) is 18.6. The molecule has 1 aliphatic carbocycles. The second-order valence-electron chi connectivity index (χ2n) is 15.0. The molecule has 0 radical (unpaired) electrons. The van der Waals surface area contributed by atoms with Crippen LogP contribution in [0.25, 0.3) is 88.4 Å². The minimum absolute atomic E-state index is 0.0372. The third-order valence-electron chi connectivity index (χ3n) is 11.5. The van der Waals surface area contributed by atoms with Gasteiger partial charge in [0, 0.05) is 55.0 Å². The van der Waals surface area contributed by atoms with Crippen molar-refractivity contribution >= 4 is 55.3 Å². The fourth-order valence-corrected chi connectivity index (χ4v) is 8.85. The minimum atomic E-state index is -0.0372. The number of hydrogen-bond donors (Lipinski definition) is 1. The summed E-state index contributed by atoms with van der Waals surface area (Å²) >= 11 is 0. The van der Waals surface area contributed by atoms with Crippen molar-refractivity contribution in [2.45, 2.75) is 19.3 Å². The zero-order valence-electron chi connectivity index (χ0n) is 30.0. The van der Waals surface area contributed by atoms with E-state index in [0.29, 0.717) is 0 Å². The van der Waals surface area contributed by atoms with Crippen LogP contribution in [-0.2, 0) is 5.41 Å². The number of hydrogen-bond acceptors (Lipinski definition) is 3. The molecule has 8 aromatic carbocycles. The van der Waals surface area contributed by atoms with Crippen LogP contribution in [0.1, 0.15) is 25.0 Å². The largest absolute Gasteiger partial charge is 0.455 e. The van der Waals surface area contributed by atoms with E-state index in [1.54, 1.807) is 0 Å². The molecule has 11 rings (SSSR count). The predicted octanol–water partition coefficient (Wildman–Crippen LogP) is 14.5. The lowest BCUT2D eigenvalue weighted by molar-refractivity contribution is 0.660. The number of anilines is 2. The molecule has 0 fully saturated rings. The monoisotopic (exact) mass is 693 g/mol. The summed E-state index contributed by atoms with van der Waals surface area (Å²) < 4.78 is 13.1. The Labute approximate surface area is 313 Å². The fraction of sp³-hybridized carbons (Fsp3) is 0.0588. The van der Waals surface area contributed by atoms with Crippen LogP contribution in [0.2, 0.25) is 0 Å². The lowest BCUT2D eigenvalue weighted by Gasteiger charge is -2.21. The van der Waals surface area contributed by atoms with Crippen molar-refractivity contribution in [3.05, 3.63) is 181 Å². The zero-order chi connectivity index (χ0) is 36.0. The van der Waals surface area contributed by atoms with Crippen molar-refractivity contribution < 1.29 is 8.83 Å². The molecule has 1 N–H and O–H groups in total. The highest BCUT2D eigenvalue weighted by molar-refractivity contribution is 6.11. The number of para-hydroxylation sites is 5. The Morgan fingerprint density at radius 1 is 0.389 bits per heavy atom. The lowest BCUT2D eigenvalue weighted by atomic mass is 9.82. The van der Waals surface area contributed by atoms with Gasteiger partial charge in [-0.2, -0.15) is 0 Å². The summed E-state index contributed by atoms with van der Waals surface area (Å²) in [6.07, 6.45) is 0. The Balaban J connectivity index is 1.09. The minimum Gasteiger partial charge on any atom is -0.455 e. The van der Waals surface area contributed by atoms with Crippen molar-refractivity contribution in [1.82, 2.24) is 0 Å². The Bertz CT molecular complexity index is 2990. The number of fused-ring (bicyclic) bond motifs is 9. The van der Waals surface area contributed by atoms with Gasteiger partial charge in [0.05, 0.1) is 0 Å². The first-order chi connectivity index (χ1) is 26.5. The molecule has 0 atom stereocenters. The highest BCUT2D eigenvalue weighted by atomic mass is 16.3. The number of rotatable bonds is 5. The molecule has 0 bridgehead atoms. The average molecular weight is 694 g/mol. The van der Waals surface area contributed by atoms with E-state index in [0.717, 1.165) is 83.1 Å². The normalized spacial score (nSPS) is 13.1.